The molecule has 11 heavy (non-hydrogen) atoms. The van der Waals surface area contributed by atoms with Crippen molar-refractivity contribution in [3.8, 4) is 0 Å². The minimum atomic E-state index is 0.0245. The Morgan fingerprint density at radius 3 is 2.55 bits per heavy atom. The van der Waals surface area contributed by atoms with Crippen molar-refractivity contribution in [3.63, 3.8) is 0 Å². The first-order valence-electron chi connectivity index (χ1n) is 3.69. The summed E-state index contributed by atoms with van der Waals surface area (Å²) in [5, 5.41) is 2.85. The highest BCUT2D eigenvalue weighted by molar-refractivity contribution is 5.79. The Morgan fingerprint density at radius 1 is 1.45 bits per heavy atom. The highest BCUT2D eigenvalue weighted by Gasteiger charge is 1.99. The van der Waals surface area contributed by atoms with Crippen LogP contribution in [0.25, 0.3) is 0 Å². The Morgan fingerprint density at radius 2 is 2.09 bits per heavy atom. The second kappa shape index (κ2) is 5.71. The van der Waals surface area contributed by atoms with E-state index in [2.05, 4.69) is 5.32 Å². The fourth-order valence-corrected chi connectivity index (χ4v) is 0.518. The van der Waals surface area contributed by atoms with Crippen molar-refractivity contribution in [1.29, 1.82) is 0 Å². The molecule has 0 rings (SSSR count). The average molecular weight is 153 g/mol. The smallest absolute Gasteiger partial charge is 0.136 e. The lowest BCUT2D eigenvalue weighted by atomic mass is 10.1. The lowest BCUT2D eigenvalue weighted by Crippen LogP contribution is -2.01. The second-order valence-electron chi connectivity index (χ2n) is 2.43. The molecule has 1 atom stereocenters. The number of hydrogen-bond donors (Lipinski definition) is 1. The van der Waals surface area contributed by atoms with Gasteiger partial charge in [0.15, 0.2) is 0 Å². The Kier molecular flexibility index (Phi) is 5.17. The van der Waals surface area contributed by atoms with Gasteiger partial charge in [0, 0.05) is 13.0 Å². The number of hydrogen-bond acceptors (Lipinski definition) is 2. The molecular weight excluding hydrogens is 138 g/mol. The lowest BCUT2D eigenvalue weighted by molar-refractivity contribution is -0.118. The molecule has 0 saturated carbocycles. The van der Waals surface area contributed by atoms with E-state index in [1.165, 1.54) is 0 Å². The van der Waals surface area contributed by atoms with Crippen molar-refractivity contribution in [2.75, 3.05) is 7.05 Å². The zero-order chi connectivity index (χ0) is 8.69. The summed E-state index contributed by atoms with van der Waals surface area (Å²) in [6.07, 6.45) is 7.40. The van der Waals surface area contributed by atoms with Crippen LogP contribution in [0.1, 0.15) is 13.8 Å². The molecule has 0 aromatic carbocycles. The van der Waals surface area contributed by atoms with Gasteiger partial charge in [-0.2, -0.15) is 0 Å². The van der Waals surface area contributed by atoms with E-state index in [4.69, 9.17) is 0 Å². The molecule has 0 aliphatic carbocycles. The number of rotatable bonds is 4. The summed E-state index contributed by atoms with van der Waals surface area (Å²) in [5.41, 5.74) is 0. The summed E-state index contributed by atoms with van der Waals surface area (Å²) in [6.45, 7) is 3.48. The van der Waals surface area contributed by atoms with Crippen molar-refractivity contribution >= 4 is 5.78 Å². The fourth-order valence-electron chi connectivity index (χ4n) is 0.518. The Bertz CT molecular complexity index is 170. The van der Waals surface area contributed by atoms with Gasteiger partial charge in [0.1, 0.15) is 5.78 Å². The molecule has 0 amide bonds. The van der Waals surface area contributed by atoms with Gasteiger partial charge in [-0.25, -0.2) is 0 Å². The monoisotopic (exact) mass is 153 g/mol. The van der Waals surface area contributed by atoms with E-state index >= 15 is 0 Å². The van der Waals surface area contributed by atoms with E-state index in [1.807, 2.05) is 38.4 Å². The minimum absolute atomic E-state index is 0.0245. The Balaban J connectivity index is 3.74. The predicted molar refractivity (Wildman–Crippen MR) is 47.2 cm³/mol. The molecular formula is C9H15NO. The van der Waals surface area contributed by atoms with Gasteiger partial charge in [-0.15, -0.1) is 0 Å². The van der Waals surface area contributed by atoms with Crippen LogP contribution in [0.5, 0.6) is 0 Å². The minimum Gasteiger partial charge on any atom is -0.394 e. The van der Waals surface area contributed by atoms with E-state index in [0.29, 0.717) is 0 Å². The molecule has 0 aliphatic rings. The molecule has 0 heterocycles. The van der Waals surface area contributed by atoms with Gasteiger partial charge >= 0.3 is 0 Å². The van der Waals surface area contributed by atoms with E-state index < -0.39 is 0 Å². The number of carbonyl (C=O) groups is 1. The third-order valence-electron chi connectivity index (χ3n) is 1.42. The first kappa shape index (κ1) is 9.95. The van der Waals surface area contributed by atoms with E-state index in [9.17, 15) is 4.79 Å². The third kappa shape index (κ3) is 5.40. The van der Waals surface area contributed by atoms with Gasteiger partial charge in [0.25, 0.3) is 0 Å². The van der Waals surface area contributed by atoms with E-state index in [1.54, 1.807) is 6.92 Å². The summed E-state index contributed by atoms with van der Waals surface area (Å²) >= 11 is 0. The molecule has 0 aromatic heterocycles. The van der Waals surface area contributed by atoms with E-state index in [-0.39, 0.29) is 11.7 Å². The molecule has 2 heteroatoms. The molecule has 0 unspecified atom stereocenters. The first-order valence-corrected chi connectivity index (χ1v) is 3.69. The fraction of sp³-hybridized carbons (Fsp3) is 0.444. The number of carbonyl (C=O) groups excluding carboxylic acids is 1. The number of Topliss-reactive ketones (excluding diaryl/α,β-unsaturated/α-hetero) is 1. The normalized spacial score (nSPS) is 14.1. The highest BCUT2D eigenvalue weighted by Crippen LogP contribution is 1.97. The zero-order valence-corrected chi connectivity index (χ0v) is 7.29. The molecule has 0 radical (unpaired) electrons. The molecule has 0 aliphatic heterocycles. The number of ketones is 1. The quantitative estimate of drug-likeness (QED) is 0.620. The first-order chi connectivity index (χ1) is 5.18. The van der Waals surface area contributed by atoms with Crippen molar-refractivity contribution < 1.29 is 4.79 Å². The second-order valence-corrected chi connectivity index (χ2v) is 2.43. The third-order valence-corrected chi connectivity index (χ3v) is 1.42. The van der Waals surface area contributed by atoms with Crippen LogP contribution >= 0.6 is 0 Å². The van der Waals surface area contributed by atoms with Crippen molar-refractivity contribution in [1.82, 2.24) is 5.32 Å². The molecule has 0 saturated heterocycles. The molecule has 0 bridgehead atoms. The van der Waals surface area contributed by atoms with Crippen LogP contribution in [-0.4, -0.2) is 12.8 Å². The summed E-state index contributed by atoms with van der Waals surface area (Å²) in [6, 6.07) is 0. The van der Waals surface area contributed by atoms with Gasteiger partial charge in [-0.05, 0) is 19.2 Å². The van der Waals surface area contributed by atoms with Crippen LogP contribution in [-0.2, 0) is 4.79 Å². The van der Waals surface area contributed by atoms with Crippen molar-refractivity contribution in [2.45, 2.75) is 13.8 Å². The highest BCUT2D eigenvalue weighted by atomic mass is 16.1. The van der Waals surface area contributed by atoms with Crippen LogP contribution in [0.15, 0.2) is 24.4 Å². The van der Waals surface area contributed by atoms with Crippen LogP contribution in [0.3, 0.4) is 0 Å². The summed E-state index contributed by atoms with van der Waals surface area (Å²) in [4.78, 5) is 10.7. The lowest BCUT2D eigenvalue weighted by Gasteiger charge is -1.96. The molecule has 2 nitrogen and oxygen atoms in total. The largest absolute Gasteiger partial charge is 0.394 e. The Hall–Kier alpha value is -1.05. The van der Waals surface area contributed by atoms with Crippen molar-refractivity contribution in [3.05, 3.63) is 24.4 Å². The maximum Gasteiger partial charge on any atom is 0.136 e. The molecule has 0 fully saturated rings. The van der Waals surface area contributed by atoms with Gasteiger partial charge in [-0.3, -0.25) is 4.79 Å². The SMILES string of the molecule is CN/C=C/C=C/[C@H](C)C(C)=O. The molecule has 62 valence electrons. The van der Waals surface area contributed by atoms with Gasteiger partial charge in [0.05, 0.1) is 0 Å². The number of allylic oxidation sites excluding steroid dienone is 3. The van der Waals surface area contributed by atoms with Crippen LogP contribution < -0.4 is 5.32 Å². The average Bonchev–Trinajstić information content (AvgIpc) is 1.97. The number of nitrogens with one attached hydrogen (secondary N) is 1. The van der Waals surface area contributed by atoms with Gasteiger partial charge in [0.2, 0.25) is 0 Å². The maximum absolute atomic E-state index is 10.7. The van der Waals surface area contributed by atoms with Crippen LogP contribution in [0.2, 0.25) is 0 Å². The van der Waals surface area contributed by atoms with Gasteiger partial charge < -0.3 is 5.32 Å². The predicted octanol–water partition coefficient (Wildman–Crippen LogP) is 1.50. The standard InChI is InChI=1S/C9H15NO/c1-8(9(2)11)6-4-5-7-10-3/h4-8,10H,1-3H3/b6-4+,7-5+/t8-/m0/s1. The van der Waals surface area contributed by atoms with Gasteiger partial charge in [-0.1, -0.05) is 19.1 Å². The molecule has 1 N–H and O–H groups in total. The zero-order valence-electron chi connectivity index (χ0n) is 7.29. The summed E-state index contributed by atoms with van der Waals surface area (Å²) in [5.74, 6) is 0.218. The summed E-state index contributed by atoms with van der Waals surface area (Å²) in [7, 11) is 1.83. The summed E-state index contributed by atoms with van der Waals surface area (Å²) < 4.78 is 0. The van der Waals surface area contributed by atoms with E-state index in [0.717, 1.165) is 0 Å². The topological polar surface area (TPSA) is 29.1 Å². The van der Waals surface area contributed by atoms with Crippen molar-refractivity contribution in [2.24, 2.45) is 5.92 Å². The Labute approximate surface area is 68.0 Å². The molecule has 0 aromatic rings. The van der Waals surface area contributed by atoms with Crippen LogP contribution in [0.4, 0.5) is 0 Å². The van der Waals surface area contributed by atoms with Crippen LogP contribution in [0, 0.1) is 5.92 Å². The maximum atomic E-state index is 10.7. The molecule has 0 spiro atoms.